The van der Waals surface area contributed by atoms with E-state index in [9.17, 15) is 14.4 Å². The van der Waals surface area contributed by atoms with Crippen molar-refractivity contribution in [2.45, 2.75) is 12.8 Å². The monoisotopic (exact) mass is 326 g/mol. The highest BCUT2D eigenvalue weighted by Gasteiger charge is 2.32. The first-order valence-electron chi connectivity index (χ1n) is 7.89. The number of rotatable bonds is 6. The predicted octanol–water partition coefficient (Wildman–Crippen LogP) is 1.32. The maximum Gasteiger partial charge on any atom is 0.261 e. The van der Waals surface area contributed by atoms with Crippen LogP contribution in [0, 0.1) is 0 Å². The molecule has 2 N–H and O–H groups in total. The molecule has 1 aliphatic rings. The molecule has 0 bridgehead atoms. The van der Waals surface area contributed by atoms with Crippen LogP contribution in [-0.4, -0.2) is 47.4 Å². The van der Waals surface area contributed by atoms with Gasteiger partial charge in [-0.3, -0.25) is 19.3 Å². The van der Waals surface area contributed by atoms with Gasteiger partial charge in [0.25, 0.3) is 11.8 Å². The first-order valence-corrected chi connectivity index (χ1v) is 7.89. The van der Waals surface area contributed by atoms with Crippen LogP contribution in [0.1, 0.15) is 33.6 Å². The van der Waals surface area contributed by atoms with Crippen LogP contribution in [0.3, 0.4) is 0 Å². The number of benzene rings is 2. The number of carbonyl (C=O) groups is 3. The van der Waals surface area contributed by atoms with Gasteiger partial charge in [-0.05, 0) is 23.9 Å². The van der Waals surface area contributed by atoms with Gasteiger partial charge in [0.2, 0.25) is 5.91 Å². The molecular weight excluding hydrogens is 308 g/mol. The number of nitrogens with one attached hydrogen (secondary N) is 1. The van der Waals surface area contributed by atoms with E-state index in [1.807, 2.05) is 12.1 Å². The molecule has 0 spiro atoms. The van der Waals surface area contributed by atoms with Gasteiger partial charge in [0.15, 0.2) is 0 Å². The molecule has 0 aromatic heterocycles. The van der Waals surface area contributed by atoms with Gasteiger partial charge in [-0.2, -0.15) is 0 Å². The molecule has 0 saturated carbocycles. The largest absolute Gasteiger partial charge is 0.395 e. The van der Waals surface area contributed by atoms with Crippen LogP contribution in [0.15, 0.2) is 36.4 Å². The van der Waals surface area contributed by atoms with Crippen LogP contribution < -0.4 is 5.32 Å². The fourth-order valence-corrected chi connectivity index (χ4v) is 2.96. The molecule has 1 aliphatic heterocycles. The molecule has 6 heteroatoms. The Bertz CT molecular complexity index is 765. The minimum Gasteiger partial charge on any atom is -0.395 e. The van der Waals surface area contributed by atoms with Crippen molar-refractivity contribution in [1.29, 1.82) is 0 Å². The lowest BCUT2D eigenvalue weighted by atomic mass is 9.94. The summed E-state index contributed by atoms with van der Waals surface area (Å²) < 4.78 is 0. The van der Waals surface area contributed by atoms with Gasteiger partial charge in [0.1, 0.15) is 0 Å². The van der Waals surface area contributed by atoms with Gasteiger partial charge in [0, 0.05) is 36.0 Å². The lowest BCUT2D eigenvalue weighted by molar-refractivity contribution is -0.121. The number of imide groups is 1. The molecule has 0 saturated heterocycles. The molecular formula is C18H18N2O4. The van der Waals surface area contributed by atoms with Crippen molar-refractivity contribution in [3.05, 3.63) is 47.5 Å². The molecule has 3 rings (SSSR count). The minimum absolute atomic E-state index is 0.115. The summed E-state index contributed by atoms with van der Waals surface area (Å²) in [5.41, 5.74) is 1.04. The van der Waals surface area contributed by atoms with E-state index < -0.39 is 0 Å². The molecule has 3 amide bonds. The van der Waals surface area contributed by atoms with E-state index in [1.165, 1.54) is 4.90 Å². The minimum atomic E-state index is -0.319. The second-order valence-corrected chi connectivity index (χ2v) is 5.65. The molecule has 0 fully saturated rings. The van der Waals surface area contributed by atoms with Crippen molar-refractivity contribution in [1.82, 2.24) is 10.2 Å². The SMILES string of the molecule is O=C(CCCN1C(=O)c2cccc3cccc(c23)C1=O)NCCO. The number of carbonyl (C=O) groups excluding carboxylic acids is 3. The van der Waals surface area contributed by atoms with Crippen LogP contribution >= 0.6 is 0 Å². The second-order valence-electron chi connectivity index (χ2n) is 5.65. The summed E-state index contributed by atoms with van der Waals surface area (Å²) in [5, 5.41) is 12.8. The molecule has 0 aliphatic carbocycles. The van der Waals surface area contributed by atoms with E-state index in [2.05, 4.69) is 5.32 Å². The van der Waals surface area contributed by atoms with Gasteiger partial charge >= 0.3 is 0 Å². The Morgan fingerprint density at radius 3 is 2.25 bits per heavy atom. The normalized spacial score (nSPS) is 13.5. The van der Waals surface area contributed by atoms with Crippen molar-refractivity contribution in [2.24, 2.45) is 0 Å². The quantitative estimate of drug-likeness (QED) is 0.784. The summed E-state index contributed by atoms with van der Waals surface area (Å²) >= 11 is 0. The van der Waals surface area contributed by atoms with E-state index in [4.69, 9.17) is 5.11 Å². The maximum atomic E-state index is 12.6. The highest BCUT2D eigenvalue weighted by molar-refractivity contribution is 6.25. The van der Waals surface area contributed by atoms with E-state index in [1.54, 1.807) is 24.3 Å². The van der Waals surface area contributed by atoms with Gasteiger partial charge in [-0.25, -0.2) is 0 Å². The highest BCUT2D eigenvalue weighted by atomic mass is 16.3. The van der Waals surface area contributed by atoms with Crippen molar-refractivity contribution < 1.29 is 19.5 Å². The third-order valence-corrected chi connectivity index (χ3v) is 4.08. The Morgan fingerprint density at radius 2 is 1.67 bits per heavy atom. The van der Waals surface area contributed by atoms with Crippen LogP contribution in [0.4, 0.5) is 0 Å². The van der Waals surface area contributed by atoms with Crippen LogP contribution in [0.5, 0.6) is 0 Å². The lowest BCUT2D eigenvalue weighted by Crippen LogP contribution is -2.41. The van der Waals surface area contributed by atoms with Gasteiger partial charge in [0.05, 0.1) is 6.61 Å². The summed E-state index contributed by atoms with van der Waals surface area (Å²) in [6.45, 7) is 0.278. The average Bonchev–Trinajstić information content (AvgIpc) is 2.60. The van der Waals surface area contributed by atoms with E-state index in [0.29, 0.717) is 22.9 Å². The van der Waals surface area contributed by atoms with Crippen molar-refractivity contribution in [3.63, 3.8) is 0 Å². The first-order chi connectivity index (χ1) is 11.6. The molecule has 24 heavy (non-hydrogen) atoms. The average molecular weight is 326 g/mol. The second kappa shape index (κ2) is 6.80. The molecule has 1 heterocycles. The third-order valence-electron chi connectivity index (χ3n) is 4.08. The molecule has 0 unspecified atom stereocenters. The third kappa shape index (κ3) is 2.88. The Morgan fingerprint density at radius 1 is 1.04 bits per heavy atom. The van der Waals surface area contributed by atoms with E-state index in [-0.39, 0.29) is 43.8 Å². The standard InChI is InChI=1S/C18H18N2O4/c21-11-9-19-15(22)8-3-10-20-17(23)13-6-1-4-12-5-2-7-14(16(12)13)18(20)24/h1-2,4-7,21H,3,8-11H2,(H,19,22). The molecule has 0 radical (unpaired) electrons. The first kappa shape index (κ1) is 16.1. The molecule has 6 nitrogen and oxygen atoms in total. The number of aliphatic hydroxyl groups excluding tert-OH is 1. The zero-order chi connectivity index (χ0) is 17.1. The highest BCUT2D eigenvalue weighted by Crippen LogP contribution is 2.29. The Balaban J connectivity index is 1.77. The zero-order valence-corrected chi connectivity index (χ0v) is 13.1. The Labute approximate surface area is 139 Å². The maximum absolute atomic E-state index is 12.6. The van der Waals surface area contributed by atoms with Gasteiger partial charge < -0.3 is 10.4 Å². The summed E-state index contributed by atoms with van der Waals surface area (Å²) in [5.74, 6) is -0.844. The van der Waals surface area contributed by atoms with E-state index >= 15 is 0 Å². The molecule has 2 aromatic rings. The van der Waals surface area contributed by atoms with Gasteiger partial charge in [-0.1, -0.05) is 24.3 Å². The molecule has 2 aromatic carbocycles. The predicted molar refractivity (Wildman–Crippen MR) is 88.6 cm³/mol. The zero-order valence-electron chi connectivity index (χ0n) is 13.1. The van der Waals surface area contributed by atoms with Crippen LogP contribution in [0.25, 0.3) is 10.8 Å². The van der Waals surface area contributed by atoms with Crippen molar-refractivity contribution in [2.75, 3.05) is 19.7 Å². The van der Waals surface area contributed by atoms with E-state index in [0.717, 1.165) is 5.39 Å². The molecule has 0 atom stereocenters. The topological polar surface area (TPSA) is 86.7 Å². The smallest absolute Gasteiger partial charge is 0.261 e. The lowest BCUT2D eigenvalue weighted by Gasteiger charge is -2.27. The molecule has 124 valence electrons. The number of amides is 3. The number of hydrogen-bond acceptors (Lipinski definition) is 4. The fraction of sp³-hybridized carbons (Fsp3) is 0.278. The number of aliphatic hydroxyl groups is 1. The summed E-state index contributed by atoms with van der Waals surface area (Å²) in [4.78, 5) is 38.0. The summed E-state index contributed by atoms with van der Waals surface area (Å²) in [7, 11) is 0. The Hall–Kier alpha value is -2.73. The van der Waals surface area contributed by atoms with Crippen LogP contribution in [-0.2, 0) is 4.79 Å². The van der Waals surface area contributed by atoms with Gasteiger partial charge in [-0.15, -0.1) is 0 Å². The number of hydrogen-bond donors (Lipinski definition) is 2. The van der Waals surface area contributed by atoms with Crippen LogP contribution in [0.2, 0.25) is 0 Å². The van der Waals surface area contributed by atoms with Crippen molar-refractivity contribution >= 4 is 28.5 Å². The number of nitrogens with zero attached hydrogens (tertiary/aromatic N) is 1. The fourth-order valence-electron chi connectivity index (χ4n) is 2.96. The Kier molecular flexibility index (Phi) is 4.57. The summed E-state index contributed by atoms with van der Waals surface area (Å²) in [6.07, 6.45) is 0.579. The summed E-state index contributed by atoms with van der Waals surface area (Å²) in [6, 6.07) is 10.8. The van der Waals surface area contributed by atoms with Crippen molar-refractivity contribution in [3.8, 4) is 0 Å².